The quantitative estimate of drug-likeness (QED) is 0.721. The first-order valence-electron chi connectivity index (χ1n) is 5.32. The SMILES string of the molecule is CC[C@]1(C)C[C@](C)(O)c2ccccc21. The van der Waals surface area contributed by atoms with E-state index in [2.05, 4.69) is 32.0 Å². The number of hydrogen-bond acceptors (Lipinski definition) is 1. The Morgan fingerprint density at radius 3 is 2.36 bits per heavy atom. The highest BCUT2D eigenvalue weighted by Gasteiger charge is 2.44. The minimum absolute atomic E-state index is 0.153. The molecule has 2 atom stereocenters. The molecule has 0 unspecified atom stereocenters. The van der Waals surface area contributed by atoms with Gasteiger partial charge in [0.05, 0.1) is 5.60 Å². The van der Waals surface area contributed by atoms with E-state index in [1.54, 1.807) is 0 Å². The van der Waals surface area contributed by atoms with Gasteiger partial charge in [0.1, 0.15) is 0 Å². The van der Waals surface area contributed by atoms with Gasteiger partial charge in [-0.1, -0.05) is 38.1 Å². The molecular formula is C13H18O. The smallest absolute Gasteiger partial charge is 0.0879 e. The molecule has 2 rings (SSSR count). The molecule has 0 fully saturated rings. The van der Waals surface area contributed by atoms with E-state index >= 15 is 0 Å². The fourth-order valence-corrected chi connectivity index (χ4v) is 2.74. The van der Waals surface area contributed by atoms with Crippen molar-refractivity contribution in [2.45, 2.75) is 44.6 Å². The standard InChI is InChI=1S/C13H18O/c1-4-12(2)9-13(3,14)11-8-6-5-7-10(11)12/h5-8,14H,4,9H2,1-3H3/t12-,13+/m1/s1. The second kappa shape index (κ2) is 2.83. The summed E-state index contributed by atoms with van der Waals surface area (Å²) in [6, 6.07) is 8.28. The van der Waals surface area contributed by atoms with Gasteiger partial charge in [-0.2, -0.15) is 0 Å². The molecule has 1 N–H and O–H groups in total. The van der Waals surface area contributed by atoms with E-state index in [0.29, 0.717) is 0 Å². The Labute approximate surface area is 85.8 Å². The molecule has 0 aliphatic heterocycles. The van der Waals surface area contributed by atoms with Gasteiger partial charge in [-0.25, -0.2) is 0 Å². The van der Waals surface area contributed by atoms with Crippen molar-refractivity contribution in [1.82, 2.24) is 0 Å². The molecule has 1 heteroatoms. The Morgan fingerprint density at radius 2 is 1.79 bits per heavy atom. The predicted molar refractivity (Wildman–Crippen MR) is 58.3 cm³/mol. The molecule has 0 bridgehead atoms. The third-order valence-electron chi connectivity index (χ3n) is 3.67. The first-order chi connectivity index (χ1) is 6.49. The third-order valence-corrected chi connectivity index (χ3v) is 3.67. The maximum atomic E-state index is 10.3. The van der Waals surface area contributed by atoms with Crippen LogP contribution < -0.4 is 0 Å². The van der Waals surface area contributed by atoms with Gasteiger partial charge in [0, 0.05) is 0 Å². The van der Waals surface area contributed by atoms with Gasteiger partial charge in [0.15, 0.2) is 0 Å². The summed E-state index contributed by atoms with van der Waals surface area (Å²) in [6.45, 7) is 6.36. The van der Waals surface area contributed by atoms with Gasteiger partial charge in [0.25, 0.3) is 0 Å². The van der Waals surface area contributed by atoms with Gasteiger partial charge in [-0.15, -0.1) is 0 Å². The summed E-state index contributed by atoms with van der Waals surface area (Å²) in [5.74, 6) is 0. The Hall–Kier alpha value is -0.820. The van der Waals surface area contributed by atoms with Crippen LogP contribution in [0.5, 0.6) is 0 Å². The van der Waals surface area contributed by atoms with Crippen molar-refractivity contribution in [3.8, 4) is 0 Å². The topological polar surface area (TPSA) is 20.2 Å². The largest absolute Gasteiger partial charge is 0.385 e. The zero-order valence-electron chi connectivity index (χ0n) is 9.17. The molecule has 1 aliphatic carbocycles. The van der Waals surface area contributed by atoms with Crippen molar-refractivity contribution < 1.29 is 5.11 Å². The van der Waals surface area contributed by atoms with E-state index in [9.17, 15) is 5.11 Å². The summed E-state index contributed by atoms with van der Waals surface area (Å²) in [5, 5.41) is 10.3. The van der Waals surface area contributed by atoms with Crippen molar-refractivity contribution in [3.63, 3.8) is 0 Å². The molecule has 0 saturated carbocycles. The monoisotopic (exact) mass is 190 g/mol. The minimum Gasteiger partial charge on any atom is -0.385 e. The van der Waals surface area contributed by atoms with Gasteiger partial charge in [0.2, 0.25) is 0 Å². The van der Waals surface area contributed by atoms with Crippen LogP contribution in [0.1, 0.15) is 44.7 Å². The average Bonchev–Trinajstić information content (AvgIpc) is 2.37. The van der Waals surface area contributed by atoms with E-state index in [1.165, 1.54) is 5.56 Å². The highest BCUT2D eigenvalue weighted by Crippen LogP contribution is 2.49. The number of hydrogen-bond donors (Lipinski definition) is 1. The summed E-state index contributed by atoms with van der Waals surface area (Å²) in [4.78, 5) is 0. The zero-order valence-corrected chi connectivity index (χ0v) is 9.17. The predicted octanol–water partition coefficient (Wildman–Crippen LogP) is 2.97. The molecule has 0 amide bonds. The Kier molecular flexibility index (Phi) is 1.97. The van der Waals surface area contributed by atoms with E-state index in [4.69, 9.17) is 0 Å². The second-order valence-corrected chi connectivity index (χ2v) is 4.91. The van der Waals surface area contributed by atoms with Crippen molar-refractivity contribution in [3.05, 3.63) is 35.4 Å². The molecular weight excluding hydrogens is 172 g/mol. The van der Waals surface area contributed by atoms with Crippen molar-refractivity contribution in [2.75, 3.05) is 0 Å². The summed E-state index contributed by atoms with van der Waals surface area (Å²) in [5.41, 5.74) is 1.96. The fourth-order valence-electron chi connectivity index (χ4n) is 2.74. The van der Waals surface area contributed by atoms with Crippen LogP contribution in [0, 0.1) is 0 Å². The zero-order chi connectivity index (χ0) is 10.4. The van der Waals surface area contributed by atoms with Crippen LogP contribution in [0.15, 0.2) is 24.3 Å². The highest BCUT2D eigenvalue weighted by atomic mass is 16.3. The van der Waals surface area contributed by atoms with Crippen LogP contribution in [0.2, 0.25) is 0 Å². The average molecular weight is 190 g/mol. The van der Waals surface area contributed by atoms with Crippen LogP contribution in [-0.4, -0.2) is 5.11 Å². The molecule has 0 spiro atoms. The molecule has 76 valence electrons. The van der Waals surface area contributed by atoms with E-state index in [0.717, 1.165) is 18.4 Å². The van der Waals surface area contributed by atoms with Crippen LogP contribution in [-0.2, 0) is 11.0 Å². The first kappa shape index (κ1) is 9.72. The molecule has 1 aliphatic rings. The van der Waals surface area contributed by atoms with Crippen LogP contribution in [0.25, 0.3) is 0 Å². The Morgan fingerprint density at radius 1 is 1.21 bits per heavy atom. The van der Waals surface area contributed by atoms with E-state index < -0.39 is 5.60 Å². The molecule has 0 heterocycles. The van der Waals surface area contributed by atoms with E-state index in [-0.39, 0.29) is 5.41 Å². The van der Waals surface area contributed by atoms with Gasteiger partial charge >= 0.3 is 0 Å². The maximum absolute atomic E-state index is 10.3. The second-order valence-electron chi connectivity index (χ2n) is 4.91. The van der Waals surface area contributed by atoms with E-state index in [1.807, 2.05) is 13.0 Å². The van der Waals surface area contributed by atoms with Crippen molar-refractivity contribution >= 4 is 0 Å². The number of benzene rings is 1. The molecule has 1 aromatic carbocycles. The Bertz CT molecular complexity index is 354. The van der Waals surface area contributed by atoms with Gasteiger partial charge < -0.3 is 5.11 Å². The van der Waals surface area contributed by atoms with Gasteiger partial charge in [-0.05, 0) is 36.3 Å². The molecule has 0 aromatic heterocycles. The van der Waals surface area contributed by atoms with Crippen LogP contribution >= 0.6 is 0 Å². The lowest BCUT2D eigenvalue weighted by Crippen LogP contribution is -2.22. The third kappa shape index (κ3) is 1.19. The Balaban J connectivity index is 2.60. The lowest BCUT2D eigenvalue weighted by atomic mass is 9.81. The molecule has 0 radical (unpaired) electrons. The van der Waals surface area contributed by atoms with Gasteiger partial charge in [-0.3, -0.25) is 0 Å². The number of fused-ring (bicyclic) bond motifs is 1. The van der Waals surface area contributed by atoms with Crippen LogP contribution in [0.3, 0.4) is 0 Å². The normalized spacial score (nSPS) is 35.7. The first-order valence-corrected chi connectivity index (χ1v) is 5.32. The molecule has 14 heavy (non-hydrogen) atoms. The molecule has 1 nitrogen and oxygen atoms in total. The number of rotatable bonds is 1. The van der Waals surface area contributed by atoms with Crippen molar-refractivity contribution in [1.29, 1.82) is 0 Å². The summed E-state index contributed by atoms with van der Waals surface area (Å²) in [6.07, 6.45) is 1.93. The minimum atomic E-state index is -0.638. The lowest BCUT2D eigenvalue weighted by molar-refractivity contribution is 0.0428. The molecule has 1 aromatic rings. The highest BCUT2D eigenvalue weighted by molar-refractivity contribution is 5.43. The van der Waals surface area contributed by atoms with Crippen molar-refractivity contribution in [2.24, 2.45) is 0 Å². The summed E-state index contributed by atoms with van der Waals surface area (Å²) < 4.78 is 0. The number of aliphatic hydroxyl groups is 1. The fraction of sp³-hybridized carbons (Fsp3) is 0.538. The lowest BCUT2D eigenvalue weighted by Gasteiger charge is -2.25. The molecule has 0 saturated heterocycles. The summed E-state index contributed by atoms with van der Waals surface area (Å²) >= 11 is 0. The van der Waals surface area contributed by atoms with Crippen LogP contribution in [0.4, 0.5) is 0 Å². The summed E-state index contributed by atoms with van der Waals surface area (Å²) in [7, 11) is 0. The maximum Gasteiger partial charge on any atom is 0.0879 e.